The smallest absolute Gasteiger partial charge is 0.235 e. The van der Waals surface area contributed by atoms with Crippen LogP contribution in [0.3, 0.4) is 0 Å². The summed E-state index contributed by atoms with van der Waals surface area (Å²) in [6.07, 6.45) is 0.842. The first kappa shape index (κ1) is 14.8. The molecule has 0 aromatic heterocycles. The summed E-state index contributed by atoms with van der Waals surface area (Å²) in [5.74, 6) is -0.377. The Morgan fingerprint density at radius 2 is 2.22 bits per heavy atom. The average Bonchev–Trinajstić information content (AvgIpc) is 2.35. The van der Waals surface area contributed by atoms with Gasteiger partial charge in [0.25, 0.3) is 0 Å². The number of halogens is 1. The second-order valence-electron chi connectivity index (χ2n) is 4.09. The van der Waals surface area contributed by atoms with E-state index in [1.165, 1.54) is 12.1 Å². The minimum Gasteiger partial charge on any atom is -0.355 e. The largest absolute Gasteiger partial charge is 0.355 e. The molecule has 2 atom stereocenters. The third kappa shape index (κ3) is 4.56. The van der Waals surface area contributed by atoms with Gasteiger partial charge in [-0.2, -0.15) is 0 Å². The zero-order valence-electron chi connectivity index (χ0n) is 10.6. The van der Waals surface area contributed by atoms with Crippen LogP contribution in [0.5, 0.6) is 0 Å². The van der Waals surface area contributed by atoms with Gasteiger partial charge >= 0.3 is 0 Å². The van der Waals surface area contributed by atoms with Crippen LogP contribution in [0.15, 0.2) is 24.3 Å². The number of hydrogen-bond donors (Lipinski definition) is 1. The van der Waals surface area contributed by atoms with Crippen LogP contribution in [0.2, 0.25) is 0 Å². The average molecular weight is 271 g/mol. The quantitative estimate of drug-likeness (QED) is 0.860. The minimum atomic E-state index is -1.34. The lowest BCUT2D eigenvalue weighted by atomic mass is 10.2. The summed E-state index contributed by atoms with van der Waals surface area (Å²) in [4.78, 5) is 11.6. The fraction of sp³-hybridized carbons (Fsp3) is 0.462. The van der Waals surface area contributed by atoms with Gasteiger partial charge in [0.1, 0.15) is 11.1 Å². The van der Waals surface area contributed by atoms with Gasteiger partial charge in [0, 0.05) is 23.1 Å². The monoisotopic (exact) mass is 271 g/mol. The maximum absolute atomic E-state index is 13.0. The molecule has 5 heteroatoms. The maximum Gasteiger partial charge on any atom is 0.235 e. The molecule has 0 saturated heterocycles. The second-order valence-corrected chi connectivity index (χ2v) is 5.85. The number of rotatable bonds is 6. The molecule has 1 aromatic carbocycles. The van der Waals surface area contributed by atoms with E-state index in [2.05, 4.69) is 5.32 Å². The van der Waals surface area contributed by atoms with E-state index in [4.69, 9.17) is 0 Å². The minimum absolute atomic E-state index is 0.193. The Morgan fingerprint density at radius 1 is 1.50 bits per heavy atom. The molecule has 0 heterocycles. The van der Waals surface area contributed by atoms with E-state index < -0.39 is 16.0 Å². The molecule has 1 amide bonds. The van der Waals surface area contributed by atoms with Crippen LogP contribution in [0, 0.1) is 5.82 Å². The molecule has 0 bridgehead atoms. The number of carbonyl (C=O) groups is 1. The van der Waals surface area contributed by atoms with E-state index in [-0.39, 0.29) is 17.5 Å². The standard InChI is InChI=1S/C13H18FNO2S/c1-3-7-15-13(16)10(2)18(17)9-11-5-4-6-12(14)8-11/h4-6,8,10H,3,7,9H2,1-2H3,(H,15,16)/t10-,18-/m0/s1. The molecule has 0 aliphatic rings. The van der Waals surface area contributed by atoms with Crippen molar-refractivity contribution in [3.8, 4) is 0 Å². The highest BCUT2D eigenvalue weighted by Gasteiger charge is 2.19. The normalized spacial score (nSPS) is 13.9. The number of amides is 1. The third-order valence-corrected chi connectivity index (χ3v) is 4.13. The third-order valence-electron chi connectivity index (χ3n) is 2.51. The number of hydrogen-bond acceptors (Lipinski definition) is 2. The van der Waals surface area contributed by atoms with Crippen LogP contribution >= 0.6 is 0 Å². The summed E-state index contributed by atoms with van der Waals surface area (Å²) in [5.41, 5.74) is 0.642. The van der Waals surface area contributed by atoms with E-state index in [1.807, 2.05) is 6.92 Å². The van der Waals surface area contributed by atoms with Crippen LogP contribution in [0.25, 0.3) is 0 Å². The summed E-state index contributed by atoms with van der Waals surface area (Å²) in [5, 5.41) is 2.12. The van der Waals surface area contributed by atoms with Crippen molar-refractivity contribution in [1.82, 2.24) is 5.32 Å². The van der Waals surface area contributed by atoms with Crippen molar-refractivity contribution >= 4 is 16.7 Å². The van der Waals surface area contributed by atoms with Crippen molar-refractivity contribution in [2.45, 2.75) is 31.3 Å². The van der Waals surface area contributed by atoms with Gasteiger partial charge < -0.3 is 5.32 Å². The number of nitrogens with one attached hydrogen (secondary N) is 1. The van der Waals surface area contributed by atoms with Gasteiger partial charge in [0.05, 0.1) is 0 Å². The van der Waals surface area contributed by atoms with Gasteiger partial charge in [-0.05, 0) is 31.0 Å². The summed E-state index contributed by atoms with van der Waals surface area (Å²) < 4.78 is 24.9. The van der Waals surface area contributed by atoms with Crippen molar-refractivity contribution in [3.05, 3.63) is 35.6 Å². The first-order valence-corrected chi connectivity index (χ1v) is 7.32. The predicted molar refractivity (Wildman–Crippen MR) is 71.0 cm³/mol. The van der Waals surface area contributed by atoms with E-state index in [0.717, 1.165) is 6.42 Å². The van der Waals surface area contributed by atoms with Crippen LogP contribution < -0.4 is 5.32 Å². The van der Waals surface area contributed by atoms with E-state index in [0.29, 0.717) is 12.1 Å². The Kier molecular flexibility index (Phi) is 5.98. The fourth-order valence-corrected chi connectivity index (χ4v) is 2.51. The van der Waals surface area contributed by atoms with Crippen LogP contribution in [0.4, 0.5) is 4.39 Å². The molecular weight excluding hydrogens is 253 g/mol. The van der Waals surface area contributed by atoms with Gasteiger partial charge in [-0.3, -0.25) is 9.00 Å². The zero-order valence-corrected chi connectivity index (χ0v) is 11.4. The summed E-state index contributed by atoms with van der Waals surface area (Å²) in [7, 11) is -1.34. The first-order chi connectivity index (χ1) is 8.54. The Morgan fingerprint density at radius 3 is 2.83 bits per heavy atom. The molecule has 0 unspecified atom stereocenters. The lowest BCUT2D eigenvalue weighted by Gasteiger charge is -2.11. The molecule has 0 fully saturated rings. The molecule has 100 valence electrons. The van der Waals surface area contributed by atoms with Crippen molar-refractivity contribution in [3.63, 3.8) is 0 Å². The predicted octanol–water partition coefficient (Wildman–Crippen LogP) is 1.99. The van der Waals surface area contributed by atoms with Crippen molar-refractivity contribution in [1.29, 1.82) is 0 Å². The second kappa shape index (κ2) is 7.26. The van der Waals surface area contributed by atoms with Crippen molar-refractivity contribution < 1.29 is 13.4 Å². The Balaban J connectivity index is 2.57. The molecule has 0 spiro atoms. The Hall–Kier alpha value is -1.23. The highest BCUT2D eigenvalue weighted by atomic mass is 32.2. The molecule has 0 saturated carbocycles. The molecule has 1 N–H and O–H groups in total. The van der Waals surface area contributed by atoms with Gasteiger partial charge in [-0.25, -0.2) is 4.39 Å². The molecule has 0 radical (unpaired) electrons. The van der Waals surface area contributed by atoms with E-state index in [9.17, 15) is 13.4 Å². The van der Waals surface area contributed by atoms with Crippen molar-refractivity contribution in [2.24, 2.45) is 0 Å². The molecule has 1 rings (SSSR count). The molecule has 0 aliphatic heterocycles. The Labute approximate surface area is 109 Å². The van der Waals surface area contributed by atoms with Crippen LogP contribution in [-0.2, 0) is 21.3 Å². The SMILES string of the molecule is CCCNC(=O)[C@H](C)[S@@](=O)Cc1cccc(F)c1. The lowest BCUT2D eigenvalue weighted by Crippen LogP contribution is -2.36. The van der Waals surface area contributed by atoms with E-state index >= 15 is 0 Å². The molecule has 18 heavy (non-hydrogen) atoms. The fourth-order valence-electron chi connectivity index (χ4n) is 1.43. The van der Waals surface area contributed by atoms with Crippen LogP contribution in [-0.4, -0.2) is 21.9 Å². The number of benzene rings is 1. The maximum atomic E-state index is 13.0. The zero-order chi connectivity index (χ0) is 13.5. The first-order valence-electron chi connectivity index (χ1n) is 5.94. The van der Waals surface area contributed by atoms with E-state index in [1.54, 1.807) is 19.1 Å². The highest BCUT2D eigenvalue weighted by Crippen LogP contribution is 2.09. The summed E-state index contributed by atoms with van der Waals surface area (Å²) >= 11 is 0. The highest BCUT2D eigenvalue weighted by molar-refractivity contribution is 7.85. The summed E-state index contributed by atoms with van der Waals surface area (Å²) in [6, 6.07) is 5.96. The lowest BCUT2D eigenvalue weighted by molar-refractivity contribution is -0.120. The Bertz CT molecular complexity index is 437. The van der Waals surface area contributed by atoms with Gasteiger partial charge in [-0.1, -0.05) is 19.1 Å². The number of carbonyl (C=O) groups excluding carboxylic acids is 1. The molecule has 3 nitrogen and oxygen atoms in total. The van der Waals surface area contributed by atoms with Gasteiger partial charge in [0.15, 0.2) is 0 Å². The molecular formula is C13H18FNO2S. The van der Waals surface area contributed by atoms with Gasteiger partial charge in [-0.15, -0.1) is 0 Å². The molecule has 1 aromatic rings. The molecule has 0 aliphatic carbocycles. The topological polar surface area (TPSA) is 46.2 Å². The van der Waals surface area contributed by atoms with Crippen LogP contribution in [0.1, 0.15) is 25.8 Å². The van der Waals surface area contributed by atoms with Crippen molar-refractivity contribution in [2.75, 3.05) is 6.54 Å². The van der Waals surface area contributed by atoms with Gasteiger partial charge in [0.2, 0.25) is 5.91 Å². The summed E-state index contributed by atoms with van der Waals surface area (Å²) in [6.45, 7) is 4.16.